The Morgan fingerprint density at radius 1 is 1.03 bits per heavy atom. The highest BCUT2D eigenvalue weighted by atomic mass is 32.2. The van der Waals surface area contributed by atoms with Crippen LogP contribution in [0.3, 0.4) is 0 Å². The van der Waals surface area contributed by atoms with Crippen LogP contribution in [0.4, 0.5) is 0 Å². The second-order valence-corrected chi connectivity index (χ2v) is 8.41. The first-order valence-corrected chi connectivity index (χ1v) is 11.3. The van der Waals surface area contributed by atoms with E-state index in [1.54, 1.807) is 21.2 Å². The minimum atomic E-state index is 0.657. The number of hydrogen-bond acceptors (Lipinski definition) is 7. The molecular formula is C22H26N8S. The molecule has 0 bridgehead atoms. The van der Waals surface area contributed by atoms with Crippen molar-refractivity contribution in [3.05, 3.63) is 71.4 Å². The molecule has 0 saturated carbocycles. The average molecular weight is 435 g/mol. The number of benzene rings is 2. The largest absolute Gasteiger partial charge is 0.311 e. The molecule has 160 valence electrons. The van der Waals surface area contributed by atoms with Crippen LogP contribution in [0.5, 0.6) is 0 Å². The van der Waals surface area contributed by atoms with E-state index in [0.29, 0.717) is 13.1 Å². The molecule has 2 aromatic heterocycles. The summed E-state index contributed by atoms with van der Waals surface area (Å²) >= 11 is 1.66. The molecule has 0 aliphatic rings. The zero-order chi connectivity index (χ0) is 21.5. The molecule has 4 rings (SSSR count). The number of rotatable bonds is 10. The Morgan fingerprint density at radius 2 is 1.90 bits per heavy atom. The molecule has 0 spiro atoms. The predicted molar refractivity (Wildman–Crippen MR) is 122 cm³/mol. The van der Waals surface area contributed by atoms with E-state index in [1.807, 2.05) is 25.2 Å². The lowest BCUT2D eigenvalue weighted by molar-refractivity contribution is 0.576. The van der Waals surface area contributed by atoms with Gasteiger partial charge in [-0.25, -0.2) is 4.68 Å². The van der Waals surface area contributed by atoms with Gasteiger partial charge in [0.2, 0.25) is 5.16 Å². The van der Waals surface area contributed by atoms with Gasteiger partial charge in [-0.2, -0.15) is 15.0 Å². The van der Waals surface area contributed by atoms with Crippen LogP contribution >= 0.6 is 11.8 Å². The topological polar surface area (TPSA) is 86.3 Å². The monoisotopic (exact) mass is 434 g/mol. The van der Waals surface area contributed by atoms with Gasteiger partial charge < -0.3 is 5.32 Å². The van der Waals surface area contributed by atoms with Crippen LogP contribution in [0.2, 0.25) is 0 Å². The molecule has 0 aliphatic carbocycles. The van der Waals surface area contributed by atoms with Gasteiger partial charge in [0.05, 0.1) is 6.54 Å². The predicted octanol–water partition coefficient (Wildman–Crippen LogP) is 3.10. The van der Waals surface area contributed by atoms with E-state index in [9.17, 15) is 0 Å². The van der Waals surface area contributed by atoms with Crippen molar-refractivity contribution in [1.29, 1.82) is 0 Å². The molecule has 0 atom stereocenters. The second kappa shape index (κ2) is 10.3. The molecule has 1 N–H and O–H groups in total. The number of thioether (sulfide) groups is 1. The van der Waals surface area contributed by atoms with Gasteiger partial charge in [-0.05, 0) is 35.9 Å². The summed E-state index contributed by atoms with van der Waals surface area (Å²) in [6.07, 6.45) is 1.01. The number of tetrazole rings is 1. The molecule has 0 unspecified atom stereocenters. The van der Waals surface area contributed by atoms with Gasteiger partial charge in [0.1, 0.15) is 11.4 Å². The van der Waals surface area contributed by atoms with Crippen LogP contribution in [0, 0.1) is 6.92 Å². The molecule has 0 saturated heterocycles. The van der Waals surface area contributed by atoms with Gasteiger partial charge in [-0.3, -0.25) is 0 Å². The maximum absolute atomic E-state index is 4.80. The molecule has 2 heterocycles. The van der Waals surface area contributed by atoms with E-state index in [2.05, 4.69) is 64.2 Å². The normalized spacial score (nSPS) is 11.2. The van der Waals surface area contributed by atoms with Crippen molar-refractivity contribution in [1.82, 2.24) is 40.5 Å². The van der Waals surface area contributed by atoms with Crippen LogP contribution in [0.1, 0.15) is 23.2 Å². The van der Waals surface area contributed by atoms with Crippen molar-refractivity contribution in [3.63, 3.8) is 0 Å². The molecule has 0 aliphatic heterocycles. The Hall–Kier alpha value is -3.04. The molecule has 9 heteroatoms. The van der Waals surface area contributed by atoms with Crippen molar-refractivity contribution in [3.8, 4) is 11.3 Å². The Bertz CT molecular complexity index is 1110. The number of hydrogen-bond donors (Lipinski definition) is 1. The van der Waals surface area contributed by atoms with Crippen molar-refractivity contribution < 1.29 is 0 Å². The molecule has 0 amide bonds. The molecule has 0 radical (unpaired) electrons. The minimum absolute atomic E-state index is 0.657. The Labute approximate surface area is 186 Å². The summed E-state index contributed by atoms with van der Waals surface area (Å²) in [7, 11) is 1.85. The third kappa shape index (κ3) is 5.77. The van der Waals surface area contributed by atoms with Crippen LogP contribution in [-0.2, 0) is 20.1 Å². The van der Waals surface area contributed by atoms with Gasteiger partial charge >= 0.3 is 0 Å². The molecular weight excluding hydrogens is 408 g/mol. The first-order valence-electron chi connectivity index (χ1n) is 10.3. The Balaban J connectivity index is 1.38. The number of nitrogens with one attached hydrogen (secondary N) is 1. The van der Waals surface area contributed by atoms with Crippen molar-refractivity contribution >= 4 is 11.8 Å². The summed E-state index contributed by atoms with van der Waals surface area (Å²) in [5, 5.41) is 25.4. The van der Waals surface area contributed by atoms with E-state index in [-0.39, 0.29) is 0 Å². The van der Waals surface area contributed by atoms with Crippen LogP contribution in [-0.4, -0.2) is 47.5 Å². The lowest BCUT2D eigenvalue weighted by Gasteiger charge is -2.04. The highest BCUT2D eigenvalue weighted by molar-refractivity contribution is 7.99. The highest BCUT2D eigenvalue weighted by Crippen LogP contribution is 2.20. The van der Waals surface area contributed by atoms with Gasteiger partial charge in [0, 0.05) is 24.9 Å². The summed E-state index contributed by atoms with van der Waals surface area (Å²) < 4.78 is 1.69. The zero-order valence-corrected chi connectivity index (χ0v) is 18.6. The fourth-order valence-corrected chi connectivity index (χ4v) is 4.07. The Morgan fingerprint density at radius 3 is 2.68 bits per heavy atom. The van der Waals surface area contributed by atoms with Crippen molar-refractivity contribution in [2.24, 2.45) is 7.05 Å². The minimum Gasteiger partial charge on any atom is -0.311 e. The van der Waals surface area contributed by atoms with Crippen LogP contribution < -0.4 is 5.32 Å². The summed E-state index contributed by atoms with van der Waals surface area (Å²) in [6, 6.07) is 18.7. The van der Waals surface area contributed by atoms with E-state index >= 15 is 0 Å². The molecule has 8 nitrogen and oxygen atoms in total. The van der Waals surface area contributed by atoms with Crippen LogP contribution in [0.25, 0.3) is 11.3 Å². The fourth-order valence-electron chi connectivity index (χ4n) is 3.28. The summed E-state index contributed by atoms with van der Waals surface area (Å²) in [5.74, 6) is 0.951. The summed E-state index contributed by atoms with van der Waals surface area (Å²) in [6.45, 7) is 4.32. The number of nitrogens with zero attached hydrogens (tertiary/aromatic N) is 7. The van der Waals surface area contributed by atoms with E-state index < -0.39 is 0 Å². The van der Waals surface area contributed by atoms with Gasteiger partial charge in [-0.15, -0.1) is 5.10 Å². The third-order valence-electron chi connectivity index (χ3n) is 4.78. The summed E-state index contributed by atoms with van der Waals surface area (Å²) in [4.78, 5) is 1.80. The van der Waals surface area contributed by atoms with E-state index in [0.717, 1.165) is 40.8 Å². The molecule has 0 fully saturated rings. The van der Waals surface area contributed by atoms with Crippen LogP contribution in [0.15, 0.2) is 59.8 Å². The maximum Gasteiger partial charge on any atom is 0.209 e. The first kappa shape index (κ1) is 21.2. The second-order valence-electron chi connectivity index (χ2n) is 7.34. The highest BCUT2D eigenvalue weighted by Gasteiger charge is 2.13. The van der Waals surface area contributed by atoms with Gasteiger partial charge in [0.25, 0.3) is 0 Å². The zero-order valence-electron chi connectivity index (χ0n) is 17.8. The fraction of sp³-hybridized carbons (Fsp3) is 0.318. The maximum atomic E-state index is 4.80. The van der Waals surface area contributed by atoms with E-state index in [4.69, 9.17) is 10.2 Å². The molecule has 4 aromatic rings. The van der Waals surface area contributed by atoms with Gasteiger partial charge in [0.15, 0.2) is 0 Å². The lowest BCUT2D eigenvalue weighted by Crippen LogP contribution is -2.16. The molecule has 31 heavy (non-hydrogen) atoms. The number of aromatic nitrogens is 7. The van der Waals surface area contributed by atoms with Gasteiger partial charge in [-0.1, -0.05) is 71.9 Å². The smallest absolute Gasteiger partial charge is 0.209 e. The van der Waals surface area contributed by atoms with E-state index in [1.165, 1.54) is 11.1 Å². The summed E-state index contributed by atoms with van der Waals surface area (Å²) in [5.41, 5.74) is 5.42. The average Bonchev–Trinajstić information content (AvgIpc) is 3.37. The number of aryl methyl sites for hydroxylation is 2. The van der Waals surface area contributed by atoms with Crippen molar-refractivity contribution in [2.75, 3.05) is 12.3 Å². The Kier molecular flexibility index (Phi) is 7.06. The third-order valence-corrected chi connectivity index (χ3v) is 5.88. The SMILES string of the molecule is Cc1cccc(Cn2nc(CNCCCSc3nnnn3C)c(-c3ccccc3)n2)c1. The quantitative estimate of drug-likeness (QED) is 0.303. The lowest BCUT2D eigenvalue weighted by atomic mass is 10.1. The first-order chi connectivity index (χ1) is 15.2. The standard InChI is InChI=1S/C22H26N8S/c1-17-8-6-9-18(14-17)16-30-25-20(21(26-30)19-10-4-3-5-11-19)15-23-12-7-13-31-22-24-27-28-29(22)2/h3-6,8-11,14,23H,7,12-13,15-16H2,1-2H3. The van der Waals surface area contributed by atoms with Crippen molar-refractivity contribution in [2.45, 2.75) is 31.6 Å². The molecule has 2 aromatic carbocycles.